The van der Waals surface area contributed by atoms with E-state index in [0.717, 1.165) is 0 Å². The highest BCUT2D eigenvalue weighted by Gasteiger charge is 2.11. The van der Waals surface area contributed by atoms with Crippen LogP contribution in [-0.4, -0.2) is 22.9 Å². The lowest BCUT2D eigenvalue weighted by Gasteiger charge is -2.11. The Morgan fingerprint density at radius 3 is 2.84 bits per heavy atom. The van der Waals surface area contributed by atoms with Gasteiger partial charge >= 0.3 is 0 Å². The van der Waals surface area contributed by atoms with Crippen molar-refractivity contribution < 1.29 is 4.79 Å². The molecule has 1 amide bonds. The number of nitrogens with zero attached hydrogens (tertiary/aromatic N) is 2. The van der Waals surface area contributed by atoms with Crippen molar-refractivity contribution in [3.05, 3.63) is 40.5 Å². The number of carbonyl (C=O) groups is 1. The van der Waals surface area contributed by atoms with E-state index in [9.17, 15) is 4.79 Å². The first-order chi connectivity index (χ1) is 9.11. The molecule has 0 aliphatic rings. The van der Waals surface area contributed by atoms with Gasteiger partial charge in [-0.25, -0.2) is 4.98 Å². The van der Waals surface area contributed by atoms with Gasteiger partial charge in [0.1, 0.15) is 5.82 Å². The number of benzene rings is 1. The fourth-order valence-corrected chi connectivity index (χ4v) is 1.81. The van der Waals surface area contributed by atoms with Crippen LogP contribution in [-0.2, 0) is 0 Å². The van der Waals surface area contributed by atoms with Crippen LogP contribution in [0.15, 0.2) is 34.9 Å². The standard InChI is InChI=1S/C12H12BrN5O/c1-15-11(19)7-4-2-3-5-9(7)17-10-8(13)6-16-12(14)18-10/h2-6H,1H3,(H,15,19)(H3,14,16,17,18). The Hall–Kier alpha value is -2.15. The number of para-hydroxylation sites is 1. The van der Waals surface area contributed by atoms with Crippen molar-refractivity contribution in [1.29, 1.82) is 0 Å². The van der Waals surface area contributed by atoms with Crippen LogP contribution in [0.1, 0.15) is 10.4 Å². The summed E-state index contributed by atoms with van der Waals surface area (Å²) in [6.45, 7) is 0. The summed E-state index contributed by atoms with van der Waals surface area (Å²) in [5.74, 6) is 0.480. The Morgan fingerprint density at radius 2 is 2.11 bits per heavy atom. The first-order valence-electron chi connectivity index (χ1n) is 5.48. The van der Waals surface area contributed by atoms with Gasteiger partial charge in [-0.15, -0.1) is 0 Å². The van der Waals surface area contributed by atoms with E-state index < -0.39 is 0 Å². The third kappa shape index (κ3) is 3.00. The van der Waals surface area contributed by atoms with E-state index >= 15 is 0 Å². The fourth-order valence-electron chi connectivity index (χ4n) is 1.52. The molecule has 0 radical (unpaired) electrons. The fraction of sp³-hybridized carbons (Fsp3) is 0.0833. The molecule has 98 valence electrons. The summed E-state index contributed by atoms with van der Waals surface area (Å²) in [4.78, 5) is 19.7. The predicted octanol–water partition coefficient (Wildman–Crippen LogP) is 1.92. The molecule has 0 fully saturated rings. The molecule has 0 unspecified atom stereocenters. The van der Waals surface area contributed by atoms with E-state index in [0.29, 0.717) is 21.5 Å². The number of carbonyl (C=O) groups excluding carboxylic acids is 1. The first-order valence-corrected chi connectivity index (χ1v) is 6.27. The summed E-state index contributed by atoms with van der Waals surface area (Å²) >= 11 is 3.32. The number of nitrogens with one attached hydrogen (secondary N) is 2. The van der Waals surface area contributed by atoms with Gasteiger partial charge in [0, 0.05) is 13.2 Å². The Morgan fingerprint density at radius 1 is 1.37 bits per heavy atom. The minimum absolute atomic E-state index is 0.156. The maximum absolute atomic E-state index is 11.8. The molecule has 0 aliphatic heterocycles. The highest BCUT2D eigenvalue weighted by molar-refractivity contribution is 9.10. The number of halogens is 1. The molecule has 2 aromatic rings. The molecule has 0 saturated heterocycles. The topological polar surface area (TPSA) is 92.9 Å². The van der Waals surface area contributed by atoms with Gasteiger partial charge in [-0.2, -0.15) is 4.98 Å². The second-order valence-electron chi connectivity index (χ2n) is 3.67. The number of rotatable bonds is 3. The van der Waals surface area contributed by atoms with Crippen LogP contribution in [0.4, 0.5) is 17.5 Å². The van der Waals surface area contributed by atoms with Gasteiger partial charge in [-0.1, -0.05) is 12.1 Å². The lowest BCUT2D eigenvalue weighted by atomic mass is 10.1. The van der Waals surface area contributed by atoms with Crippen molar-refractivity contribution in [2.45, 2.75) is 0 Å². The highest BCUT2D eigenvalue weighted by Crippen LogP contribution is 2.25. The summed E-state index contributed by atoms with van der Waals surface area (Å²) in [5.41, 5.74) is 6.70. The minimum atomic E-state index is -0.179. The molecule has 0 atom stereocenters. The van der Waals surface area contributed by atoms with Crippen LogP contribution < -0.4 is 16.4 Å². The van der Waals surface area contributed by atoms with Crippen LogP contribution in [0.2, 0.25) is 0 Å². The van der Waals surface area contributed by atoms with E-state index in [1.54, 1.807) is 31.4 Å². The van der Waals surface area contributed by atoms with E-state index in [2.05, 4.69) is 36.5 Å². The molecule has 0 aliphatic carbocycles. The normalized spacial score (nSPS) is 10.0. The molecule has 7 heteroatoms. The van der Waals surface area contributed by atoms with E-state index in [1.165, 1.54) is 0 Å². The maximum Gasteiger partial charge on any atom is 0.253 e. The molecular formula is C12H12BrN5O. The zero-order valence-corrected chi connectivity index (χ0v) is 11.7. The number of nitrogen functional groups attached to an aromatic ring is 1. The molecule has 2 rings (SSSR count). The Labute approximate surface area is 118 Å². The van der Waals surface area contributed by atoms with Crippen LogP contribution >= 0.6 is 15.9 Å². The molecule has 6 nitrogen and oxygen atoms in total. The average Bonchev–Trinajstić information content (AvgIpc) is 2.42. The Balaban J connectivity index is 2.38. The lowest BCUT2D eigenvalue weighted by molar-refractivity contribution is 0.0964. The third-order valence-corrected chi connectivity index (χ3v) is 2.99. The van der Waals surface area contributed by atoms with Gasteiger partial charge in [-0.05, 0) is 28.1 Å². The summed E-state index contributed by atoms with van der Waals surface area (Å²) in [6.07, 6.45) is 1.55. The summed E-state index contributed by atoms with van der Waals surface area (Å²) in [7, 11) is 1.58. The van der Waals surface area contributed by atoms with Crippen molar-refractivity contribution in [3.63, 3.8) is 0 Å². The molecule has 0 spiro atoms. The van der Waals surface area contributed by atoms with E-state index in [4.69, 9.17) is 5.73 Å². The predicted molar refractivity (Wildman–Crippen MR) is 77.3 cm³/mol. The zero-order chi connectivity index (χ0) is 13.8. The molecule has 19 heavy (non-hydrogen) atoms. The van der Waals surface area contributed by atoms with Crippen LogP contribution in [0.5, 0.6) is 0 Å². The summed E-state index contributed by atoms with van der Waals surface area (Å²) in [5, 5.41) is 5.64. The molecule has 0 saturated carbocycles. The molecule has 4 N–H and O–H groups in total. The SMILES string of the molecule is CNC(=O)c1ccccc1Nc1nc(N)ncc1Br. The van der Waals surface area contributed by atoms with Crippen molar-refractivity contribution in [2.75, 3.05) is 18.1 Å². The zero-order valence-electron chi connectivity index (χ0n) is 10.1. The van der Waals surface area contributed by atoms with Gasteiger partial charge in [0.15, 0.2) is 0 Å². The first kappa shape index (κ1) is 13.3. The quantitative estimate of drug-likeness (QED) is 0.803. The van der Waals surface area contributed by atoms with Gasteiger partial charge in [0.2, 0.25) is 5.95 Å². The van der Waals surface area contributed by atoms with Crippen molar-refractivity contribution in [2.24, 2.45) is 0 Å². The van der Waals surface area contributed by atoms with Crippen LogP contribution in [0, 0.1) is 0 Å². The number of amides is 1. The van der Waals surface area contributed by atoms with Crippen molar-refractivity contribution >= 4 is 39.3 Å². The van der Waals surface area contributed by atoms with Crippen molar-refractivity contribution in [1.82, 2.24) is 15.3 Å². The molecular weight excluding hydrogens is 310 g/mol. The molecule has 1 aromatic heterocycles. The Kier molecular flexibility index (Phi) is 3.96. The number of hydrogen-bond donors (Lipinski definition) is 3. The second-order valence-corrected chi connectivity index (χ2v) is 4.53. The average molecular weight is 322 g/mol. The third-order valence-electron chi connectivity index (χ3n) is 2.41. The van der Waals surface area contributed by atoms with Crippen LogP contribution in [0.3, 0.4) is 0 Å². The lowest BCUT2D eigenvalue weighted by Crippen LogP contribution is -2.19. The van der Waals surface area contributed by atoms with Gasteiger partial charge in [0.05, 0.1) is 15.7 Å². The van der Waals surface area contributed by atoms with Gasteiger partial charge in [-0.3, -0.25) is 4.79 Å². The van der Waals surface area contributed by atoms with Crippen LogP contribution in [0.25, 0.3) is 0 Å². The van der Waals surface area contributed by atoms with E-state index in [1.807, 2.05) is 6.07 Å². The summed E-state index contributed by atoms with van der Waals surface area (Å²) in [6, 6.07) is 7.13. The monoisotopic (exact) mass is 321 g/mol. The number of anilines is 3. The largest absolute Gasteiger partial charge is 0.368 e. The minimum Gasteiger partial charge on any atom is -0.368 e. The molecule has 1 aromatic carbocycles. The number of aromatic nitrogens is 2. The number of nitrogens with two attached hydrogens (primary N) is 1. The highest BCUT2D eigenvalue weighted by atomic mass is 79.9. The number of hydrogen-bond acceptors (Lipinski definition) is 5. The second kappa shape index (κ2) is 5.66. The van der Waals surface area contributed by atoms with E-state index in [-0.39, 0.29) is 11.9 Å². The maximum atomic E-state index is 11.8. The molecule has 1 heterocycles. The smallest absolute Gasteiger partial charge is 0.253 e. The summed E-state index contributed by atoms with van der Waals surface area (Å²) < 4.78 is 0.661. The van der Waals surface area contributed by atoms with Gasteiger partial charge in [0.25, 0.3) is 5.91 Å². The van der Waals surface area contributed by atoms with Crippen molar-refractivity contribution in [3.8, 4) is 0 Å². The van der Waals surface area contributed by atoms with Gasteiger partial charge < -0.3 is 16.4 Å². The molecule has 0 bridgehead atoms. The Bertz CT molecular complexity index is 617.